The molecule has 0 aliphatic rings. The van der Waals surface area contributed by atoms with E-state index in [2.05, 4.69) is 42.7 Å². The van der Waals surface area contributed by atoms with Crippen molar-refractivity contribution in [3.63, 3.8) is 0 Å². The summed E-state index contributed by atoms with van der Waals surface area (Å²) >= 11 is 7.58. The van der Waals surface area contributed by atoms with Crippen LogP contribution in [0.15, 0.2) is 59.8 Å². The lowest BCUT2D eigenvalue weighted by molar-refractivity contribution is 0.467. The van der Waals surface area contributed by atoms with Gasteiger partial charge in [0.15, 0.2) is 0 Å². The van der Waals surface area contributed by atoms with E-state index in [1.54, 1.807) is 31.9 Å². The van der Waals surface area contributed by atoms with Crippen LogP contribution in [0.1, 0.15) is 73.3 Å². The molecule has 0 unspecified atom stereocenters. The molecule has 32 heavy (non-hydrogen) atoms. The molecule has 0 saturated heterocycles. The average Bonchev–Trinajstić information content (AvgIpc) is 2.80. The molecule has 1 rings (SSSR count). The molecule has 6 heteroatoms. The zero-order valence-corrected chi connectivity index (χ0v) is 23.0. The van der Waals surface area contributed by atoms with Crippen LogP contribution in [-0.2, 0) is 0 Å². The van der Waals surface area contributed by atoms with Crippen LogP contribution < -0.4 is 5.32 Å². The van der Waals surface area contributed by atoms with Gasteiger partial charge >= 0.3 is 0 Å². The average molecular weight is 486 g/mol. The van der Waals surface area contributed by atoms with E-state index in [-0.39, 0.29) is 11.0 Å². The number of hydrogen-bond donors (Lipinski definition) is 2. The smallest absolute Gasteiger partial charge is 0.130 e. The Hall–Kier alpha value is -1.56. The maximum atomic E-state index is 11.7. The summed E-state index contributed by atoms with van der Waals surface area (Å²) in [6, 6.07) is 6.02. The molecule has 3 nitrogen and oxygen atoms in total. The first-order chi connectivity index (χ1) is 15.2. The quantitative estimate of drug-likeness (QED) is 0.197. The summed E-state index contributed by atoms with van der Waals surface area (Å²) in [5, 5.41) is 10.8. The number of hydrogen-bond acceptors (Lipinski definition) is 4. The van der Waals surface area contributed by atoms with Gasteiger partial charge in [-0.15, -0.1) is 0 Å². The first-order valence-electron chi connectivity index (χ1n) is 11.3. The highest BCUT2D eigenvalue weighted by Gasteiger charge is 2.10. The number of allylic oxidation sites excluding steroid dienone is 4. The number of nitrogens with one attached hydrogen (secondary N) is 2. The molecule has 2 N–H and O–H groups in total. The fourth-order valence-electron chi connectivity index (χ4n) is 2.03. The molecule has 0 aromatic heterocycles. The van der Waals surface area contributed by atoms with E-state index in [9.17, 15) is 4.39 Å². The lowest BCUT2D eigenvalue weighted by Gasteiger charge is -2.20. The van der Waals surface area contributed by atoms with E-state index in [1.165, 1.54) is 6.08 Å². The summed E-state index contributed by atoms with van der Waals surface area (Å²) in [5.74, 6) is -0.0324. The molecule has 0 aliphatic heterocycles. The third kappa shape index (κ3) is 19.1. The topological polar surface area (TPSA) is 39.1 Å². The zero-order valence-electron chi connectivity index (χ0n) is 21.4. The third-order valence-corrected chi connectivity index (χ3v) is 4.97. The van der Waals surface area contributed by atoms with Crippen LogP contribution in [0, 0.1) is 5.41 Å². The molecule has 184 valence electrons. The molecule has 0 atom stereocenters. The number of nitrogens with zero attached hydrogens (tertiary/aromatic N) is 1. The maximum absolute atomic E-state index is 11.7. The Balaban J connectivity index is -0.000000532. The van der Waals surface area contributed by atoms with Gasteiger partial charge in [0.2, 0.25) is 0 Å². The first kappa shape index (κ1) is 35.0. The van der Waals surface area contributed by atoms with Crippen LogP contribution >= 0.6 is 23.5 Å². The van der Waals surface area contributed by atoms with Gasteiger partial charge in [-0.3, -0.25) is 5.41 Å². The summed E-state index contributed by atoms with van der Waals surface area (Å²) in [6.45, 7) is 22.9. The Morgan fingerprint density at radius 3 is 2.00 bits per heavy atom. The van der Waals surface area contributed by atoms with Crippen LogP contribution in [0.4, 0.5) is 10.1 Å². The van der Waals surface area contributed by atoms with Crippen LogP contribution in [0.3, 0.4) is 0 Å². The highest BCUT2D eigenvalue weighted by Crippen LogP contribution is 2.28. The van der Waals surface area contributed by atoms with Crippen molar-refractivity contribution < 1.29 is 4.39 Å². The molecule has 0 aliphatic carbocycles. The molecule has 0 spiro atoms. The minimum Gasteiger partial charge on any atom is -0.388 e. The summed E-state index contributed by atoms with van der Waals surface area (Å²) < 4.78 is 14.1. The molecule has 1 aromatic carbocycles. The summed E-state index contributed by atoms with van der Waals surface area (Å²) in [6.07, 6.45) is 6.00. The van der Waals surface area contributed by atoms with Gasteiger partial charge in [0.1, 0.15) is 5.17 Å². The van der Waals surface area contributed by atoms with Crippen molar-refractivity contribution in [1.82, 2.24) is 4.31 Å². The third-order valence-electron chi connectivity index (χ3n) is 3.68. The second-order valence-corrected chi connectivity index (χ2v) is 7.98. The molecule has 0 fully saturated rings. The van der Waals surface area contributed by atoms with E-state index in [1.807, 2.05) is 40.0 Å². The number of anilines is 1. The predicted molar refractivity (Wildman–Crippen MR) is 148 cm³/mol. The first-order valence-corrected chi connectivity index (χ1v) is 12.4. The largest absolute Gasteiger partial charge is 0.388 e. The zero-order chi connectivity index (χ0) is 25.5. The minimum atomic E-state index is -0.0324. The Morgan fingerprint density at radius 2 is 1.72 bits per heavy atom. The highest BCUT2D eigenvalue weighted by atomic mass is 35.5. The van der Waals surface area contributed by atoms with Crippen LogP contribution in [0.2, 0.25) is 0 Å². The minimum absolute atomic E-state index is 0.0324. The van der Waals surface area contributed by atoms with E-state index >= 15 is 0 Å². The summed E-state index contributed by atoms with van der Waals surface area (Å²) in [4.78, 5) is 1.13. The molecule has 0 heterocycles. The van der Waals surface area contributed by atoms with Gasteiger partial charge in [0, 0.05) is 36.3 Å². The van der Waals surface area contributed by atoms with Gasteiger partial charge in [-0.05, 0) is 63.3 Å². The number of rotatable bonds is 10. The van der Waals surface area contributed by atoms with Crippen molar-refractivity contribution in [3.8, 4) is 0 Å². The van der Waals surface area contributed by atoms with Crippen molar-refractivity contribution in [3.05, 3.63) is 60.5 Å². The molecule has 0 amide bonds. The van der Waals surface area contributed by atoms with Crippen molar-refractivity contribution in [2.75, 3.05) is 25.5 Å². The van der Waals surface area contributed by atoms with Gasteiger partial charge in [-0.2, -0.15) is 0 Å². The second kappa shape index (κ2) is 24.1. The Morgan fingerprint density at radius 1 is 1.22 bits per heavy atom. The second-order valence-electron chi connectivity index (χ2n) is 6.43. The molecule has 0 radical (unpaired) electrons. The van der Waals surface area contributed by atoms with E-state index in [0.29, 0.717) is 6.42 Å². The fourth-order valence-corrected chi connectivity index (χ4v) is 3.34. The predicted octanol–water partition coefficient (Wildman–Crippen LogP) is 9.47. The van der Waals surface area contributed by atoms with Crippen LogP contribution in [-0.4, -0.2) is 29.6 Å². The Bertz CT molecular complexity index is 669. The standard InChI is InChI=1S/C14H22ClN3S.C5H9F.C5H8.C2H6/c1-4-8-18(9-5-2)19-11-6-7-13(17-3)12(10-11)14(15)16;1-3-5(6)4-2;1-4-5(2)3;1-2/h6-7,10,16-17H,4-5,8-9H2,1-3H3;3H,4H2,1-2H3;4H,1-2H2,3H3;1-2H3/b;5-3+;;. The number of halogens is 2. The van der Waals surface area contributed by atoms with Crippen molar-refractivity contribution in [2.45, 2.75) is 72.6 Å². The fraction of sp³-hybridized carbons (Fsp3) is 0.500. The lowest BCUT2D eigenvalue weighted by atomic mass is 10.2. The van der Waals surface area contributed by atoms with Crippen molar-refractivity contribution in [2.24, 2.45) is 0 Å². The normalized spacial score (nSPS) is 9.91. The van der Waals surface area contributed by atoms with Gasteiger partial charge in [0.25, 0.3) is 0 Å². The SMILES string of the molecule is C/C=C(/F)CC.C=CC(=C)C.CC.CCCN(CCC)Sc1ccc(NC)c(C(=N)Cl)c1. The molecular formula is C26H45ClFN3S. The van der Waals surface area contributed by atoms with E-state index in [4.69, 9.17) is 17.0 Å². The van der Waals surface area contributed by atoms with Gasteiger partial charge in [-0.1, -0.05) is 77.1 Å². The Kier molecular flexibility index (Phi) is 26.4. The van der Waals surface area contributed by atoms with E-state index in [0.717, 1.165) is 47.7 Å². The van der Waals surface area contributed by atoms with Crippen molar-refractivity contribution >= 4 is 34.4 Å². The monoisotopic (exact) mass is 485 g/mol. The Labute approximate surface area is 206 Å². The van der Waals surface area contributed by atoms with Gasteiger partial charge < -0.3 is 5.32 Å². The molecule has 0 bridgehead atoms. The van der Waals surface area contributed by atoms with Crippen molar-refractivity contribution in [1.29, 1.82) is 5.41 Å². The van der Waals surface area contributed by atoms with E-state index < -0.39 is 0 Å². The van der Waals surface area contributed by atoms with Crippen LogP contribution in [0.5, 0.6) is 0 Å². The van der Waals surface area contributed by atoms with Gasteiger partial charge in [-0.25, -0.2) is 8.70 Å². The molecular weight excluding hydrogens is 441 g/mol. The van der Waals surface area contributed by atoms with Gasteiger partial charge in [0.05, 0.1) is 5.83 Å². The number of benzene rings is 1. The highest BCUT2D eigenvalue weighted by molar-refractivity contribution is 7.97. The lowest BCUT2D eigenvalue weighted by Crippen LogP contribution is -2.17. The molecule has 1 aromatic rings. The maximum Gasteiger partial charge on any atom is 0.130 e. The van der Waals surface area contributed by atoms with Crippen LogP contribution in [0.25, 0.3) is 0 Å². The molecule has 0 saturated carbocycles. The summed E-state index contributed by atoms with van der Waals surface area (Å²) in [7, 11) is 1.84. The summed E-state index contributed by atoms with van der Waals surface area (Å²) in [5.41, 5.74) is 2.66.